The Bertz CT molecular complexity index is 387. The van der Waals surface area contributed by atoms with E-state index in [2.05, 4.69) is 6.92 Å². The first-order chi connectivity index (χ1) is 10.1. The Hall–Kier alpha value is -1.02. The van der Waals surface area contributed by atoms with Crippen LogP contribution >= 0.6 is 0 Å². The first-order valence-corrected chi connectivity index (χ1v) is 8.62. The Morgan fingerprint density at radius 1 is 0.905 bits per heavy atom. The largest absolute Gasteiger partial charge is 0.508 e. The molecule has 0 amide bonds. The Kier molecular flexibility index (Phi) is 9.16. The van der Waals surface area contributed by atoms with Gasteiger partial charge in [-0.25, -0.2) is 0 Å². The molecule has 0 unspecified atom stereocenters. The summed E-state index contributed by atoms with van der Waals surface area (Å²) < 4.78 is 0. The Balaban J connectivity index is 2.09. The maximum atomic E-state index is 10.1. The van der Waals surface area contributed by atoms with Crippen molar-refractivity contribution in [2.75, 3.05) is 0 Å². The van der Waals surface area contributed by atoms with Gasteiger partial charge in [-0.1, -0.05) is 76.8 Å². The smallest absolute Gasteiger partial charge is 0.121 e. The van der Waals surface area contributed by atoms with Crippen LogP contribution in [0.2, 0.25) is 0 Å². The number of aryl methyl sites for hydroxylation is 1. The van der Waals surface area contributed by atoms with Crippen LogP contribution in [-0.2, 0) is 0 Å². The van der Waals surface area contributed by atoms with E-state index in [4.69, 9.17) is 0 Å². The fourth-order valence-corrected chi connectivity index (χ4v) is 2.74. The summed E-state index contributed by atoms with van der Waals surface area (Å²) in [7, 11) is 0. The summed E-state index contributed by atoms with van der Waals surface area (Å²) in [6.07, 6.45) is 11.8. The predicted octanol–water partition coefficient (Wildman–Crippen LogP) is 5.65. The molecule has 120 valence electrons. The lowest BCUT2D eigenvalue weighted by Crippen LogP contribution is -1.98. The second kappa shape index (κ2) is 10.7. The summed E-state index contributed by atoms with van der Waals surface area (Å²) in [5.41, 5.74) is 1.69. The number of aliphatic hydroxyl groups excluding tert-OH is 1. The van der Waals surface area contributed by atoms with E-state index in [-0.39, 0.29) is 5.75 Å². The van der Waals surface area contributed by atoms with Gasteiger partial charge in [0.15, 0.2) is 0 Å². The van der Waals surface area contributed by atoms with Crippen LogP contribution in [0.25, 0.3) is 0 Å². The summed E-state index contributed by atoms with van der Waals surface area (Å²) in [4.78, 5) is 0. The van der Waals surface area contributed by atoms with E-state index in [1.54, 1.807) is 6.07 Å². The minimum absolute atomic E-state index is 0.221. The highest BCUT2D eigenvalue weighted by Gasteiger charge is 2.11. The van der Waals surface area contributed by atoms with Crippen molar-refractivity contribution in [3.05, 3.63) is 29.3 Å². The van der Waals surface area contributed by atoms with Gasteiger partial charge in [0.2, 0.25) is 0 Å². The zero-order chi connectivity index (χ0) is 15.5. The number of phenols is 1. The van der Waals surface area contributed by atoms with Crippen LogP contribution in [0, 0.1) is 6.92 Å². The van der Waals surface area contributed by atoms with Crippen LogP contribution in [0.1, 0.15) is 88.4 Å². The molecule has 0 aromatic heterocycles. The van der Waals surface area contributed by atoms with E-state index in [1.165, 1.54) is 51.4 Å². The normalized spacial score (nSPS) is 12.5. The molecule has 0 bridgehead atoms. The van der Waals surface area contributed by atoms with Gasteiger partial charge in [-0.15, -0.1) is 0 Å². The van der Waals surface area contributed by atoms with Crippen molar-refractivity contribution in [3.63, 3.8) is 0 Å². The minimum atomic E-state index is -0.532. The molecule has 2 heteroatoms. The number of phenolic OH excluding ortho intramolecular Hbond substituents is 1. The van der Waals surface area contributed by atoms with Gasteiger partial charge in [0.1, 0.15) is 5.75 Å². The SMILES string of the molecule is CCCCCCCCCCC[C@H](O)c1ccc(C)cc1O. The lowest BCUT2D eigenvalue weighted by Gasteiger charge is -2.13. The first kappa shape index (κ1) is 18.0. The van der Waals surface area contributed by atoms with Crippen molar-refractivity contribution in [1.82, 2.24) is 0 Å². The number of aliphatic hydroxyl groups is 1. The lowest BCUT2D eigenvalue weighted by atomic mass is 10.00. The first-order valence-electron chi connectivity index (χ1n) is 8.62. The summed E-state index contributed by atoms with van der Waals surface area (Å²) in [5, 5.41) is 20.0. The number of unbranched alkanes of at least 4 members (excludes halogenated alkanes) is 8. The second-order valence-electron chi connectivity index (χ2n) is 6.20. The van der Waals surface area contributed by atoms with Crippen molar-refractivity contribution in [1.29, 1.82) is 0 Å². The van der Waals surface area contributed by atoms with Gasteiger partial charge in [0.25, 0.3) is 0 Å². The molecule has 0 fully saturated rings. The molecule has 0 radical (unpaired) electrons. The molecule has 0 saturated carbocycles. The predicted molar refractivity (Wildman–Crippen MR) is 89.6 cm³/mol. The van der Waals surface area contributed by atoms with Gasteiger partial charge in [0.05, 0.1) is 6.10 Å². The zero-order valence-corrected chi connectivity index (χ0v) is 13.8. The molecule has 1 atom stereocenters. The van der Waals surface area contributed by atoms with E-state index in [9.17, 15) is 10.2 Å². The van der Waals surface area contributed by atoms with Crippen molar-refractivity contribution in [2.24, 2.45) is 0 Å². The average molecular weight is 292 g/mol. The number of benzene rings is 1. The number of aromatic hydroxyl groups is 1. The Labute approximate surface area is 130 Å². The topological polar surface area (TPSA) is 40.5 Å². The monoisotopic (exact) mass is 292 g/mol. The van der Waals surface area contributed by atoms with Crippen molar-refractivity contribution in [3.8, 4) is 5.75 Å². The zero-order valence-electron chi connectivity index (χ0n) is 13.8. The molecule has 0 heterocycles. The van der Waals surface area contributed by atoms with Gasteiger partial charge < -0.3 is 10.2 Å². The third-order valence-corrected chi connectivity index (χ3v) is 4.13. The van der Waals surface area contributed by atoms with Crippen LogP contribution in [0.4, 0.5) is 0 Å². The van der Waals surface area contributed by atoms with Crippen LogP contribution < -0.4 is 0 Å². The van der Waals surface area contributed by atoms with Gasteiger partial charge >= 0.3 is 0 Å². The molecule has 0 aliphatic rings. The molecule has 21 heavy (non-hydrogen) atoms. The fraction of sp³-hybridized carbons (Fsp3) is 0.684. The number of hydrogen-bond acceptors (Lipinski definition) is 2. The van der Waals surface area contributed by atoms with Gasteiger partial charge in [-0.2, -0.15) is 0 Å². The summed E-state index contributed by atoms with van der Waals surface area (Å²) >= 11 is 0. The minimum Gasteiger partial charge on any atom is -0.508 e. The maximum absolute atomic E-state index is 10.1. The Morgan fingerprint density at radius 2 is 1.48 bits per heavy atom. The quantitative estimate of drug-likeness (QED) is 0.517. The van der Waals surface area contributed by atoms with E-state index in [0.29, 0.717) is 5.56 Å². The van der Waals surface area contributed by atoms with Crippen molar-refractivity contribution < 1.29 is 10.2 Å². The third kappa shape index (κ3) is 7.52. The summed E-state index contributed by atoms with van der Waals surface area (Å²) in [5.74, 6) is 0.221. The molecule has 0 spiro atoms. The van der Waals surface area contributed by atoms with Crippen LogP contribution in [0.15, 0.2) is 18.2 Å². The lowest BCUT2D eigenvalue weighted by molar-refractivity contribution is 0.159. The van der Waals surface area contributed by atoms with E-state index in [1.807, 2.05) is 19.1 Å². The van der Waals surface area contributed by atoms with Crippen molar-refractivity contribution >= 4 is 0 Å². The van der Waals surface area contributed by atoms with E-state index >= 15 is 0 Å². The fourth-order valence-electron chi connectivity index (χ4n) is 2.74. The molecule has 1 aromatic rings. The summed E-state index contributed by atoms with van der Waals surface area (Å²) in [6, 6.07) is 5.49. The van der Waals surface area contributed by atoms with Crippen LogP contribution in [0.3, 0.4) is 0 Å². The average Bonchev–Trinajstić information content (AvgIpc) is 2.45. The van der Waals surface area contributed by atoms with Crippen molar-refractivity contribution in [2.45, 2.75) is 84.2 Å². The molecular weight excluding hydrogens is 260 g/mol. The standard InChI is InChI=1S/C19H32O2/c1-3-4-5-6-7-8-9-10-11-12-18(20)17-14-13-16(2)15-19(17)21/h13-15,18,20-21H,3-12H2,1-2H3/t18-/m0/s1. The van der Waals surface area contributed by atoms with E-state index in [0.717, 1.165) is 18.4 Å². The molecule has 0 saturated heterocycles. The number of rotatable bonds is 11. The second-order valence-corrected chi connectivity index (χ2v) is 6.20. The molecule has 1 aromatic carbocycles. The molecule has 2 nitrogen and oxygen atoms in total. The van der Waals surface area contributed by atoms with Crippen LogP contribution in [0.5, 0.6) is 5.75 Å². The van der Waals surface area contributed by atoms with Crippen LogP contribution in [-0.4, -0.2) is 10.2 Å². The molecule has 2 N–H and O–H groups in total. The summed E-state index contributed by atoms with van der Waals surface area (Å²) in [6.45, 7) is 4.19. The highest BCUT2D eigenvalue weighted by molar-refractivity contribution is 5.37. The maximum Gasteiger partial charge on any atom is 0.121 e. The van der Waals surface area contributed by atoms with Gasteiger partial charge in [-0.05, 0) is 25.0 Å². The third-order valence-electron chi connectivity index (χ3n) is 4.13. The highest BCUT2D eigenvalue weighted by Crippen LogP contribution is 2.28. The molecular formula is C19H32O2. The highest BCUT2D eigenvalue weighted by atomic mass is 16.3. The van der Waals surface area contributed by atoms with E-state index < -0.39 is 6.10 Å². The Morgan fingerprint density at radius 3 is 2.05 bits per heavy atom. The van der Waals surface area contributed by atoms with Gasteiger partial charge in [0, 0.05) is 5.56 Å². The number of hydrogen-bond donors (Lipinski definition) is 2. The molecule has 0 aliphatic heterocycles. The molecule has 0 aliphatic carbocycles. The van der Waals surface area contributed by atoms with Gasteiger partial charge in [-0.3, -0.25) is 0 Å². The molecule has 1 rings (SSSR count).